The lowest BCUT2D eigenvalue weighted by Crippen LogP contribution is -2.25. The van der Waals surface area contributed by atoms with Crippen molar-refractivity contribution in [3.8, 4) is 5.75 Å². The summed E-state index contributed by atoms with van der Waals surface area (Å²) in [5.74, 6) is -0.521. The molecule has 98 valence electrons. The number of hydrogen-bond acceptors (Lipinski definition) is 5. The first-order valence-corrected chi connectivity index (χ1v) is 5.85. The van der Waals surface area contributed by atoms with E-state index in [1.165, 1.54) is 20.1 Å². The van der Waals surface area contributed by atoms with Crippen molar-refractivity contribution < 1.29 is 19.2 Å². The molecular formula is C11H12BrNO5. The standard InChI is InChI=1S/C11H12BrNO5/c1-6-4-8(12)5-9(13(15)16)10(6)18-7(2)11(14)17-3/h4-5,7H,1-3H3. The van der Waals surface area contributed by atoms with Crippen LogP contribution < -0.4 is 4.74 Å². The SMILES string of the molecule is COC(=O)C(C)Oc1c(C)cc(Br)cc1[N+](=O)[O-]. The van der Waals surface area contributed by atoms with E-state index in [2.05, 4.69) is 20.7 Å². The van der Waals surface area contributed by atoms with Crippen LogP contribution >= 0.6 is 15.9 Å². The van der Waals surface area contributed by atoms with E-state index in [4.69, 9.17) is 4.74 Å². The number of nitro groups is 1. The van der Waals surface area contributed by atoms with Gasteiger partial charge in [-0.3, -0.25) is 10.1 Å². The molecule has 1 aromatic rings. The van der Waals surface area contributed by atoms with Crippen LogP contribution in [0.4, 0.5) is 5.69 Å². The average molecular weight is 318 g/mol. The van der Waals surface area contributed by atoms with Crippen LogP contribution in [0.15, 0.2) is 16.6 Å². The summed E-state index contributed by atoms with van der Waals surface area (Å²) in [5, 5.41) is 10.9. The van der Waals surface area contributed by atoms with Gasteiger partial charge in [-0.25, -0.2) is 4.79 Å². The molecule has 0 aliphatic heterocycles. The minimum atomic E-state index is -0.909. The third kappa shape index (κ3) is 3.19. The van der Waals surface area contributed by atoms with E-state index in [1.807, 2.05) is 0 Å². The predicted molar refractivity (Wildman–Crippen MR) is 67.6 cm³/mol. The number of methoxy groups -OCH3 is 1. The topological polar surface area (TPSA) is 78.7 Å². The lowest BCUT2D eigenvalue weighted by Gasteiger charge is -2.14. The predicted octanol–water partition coefficient (Wildman–Crippen LogP) is 2.61. The molecule has 0 aliphatic carbocycles. The van der Waals surface area contributed by atoms with Gasteiger partial charge in [-0.1, -0.05) is 15.9 Å². The van der Waals surface area contributed by atoms with Gasteiger partial charge in [-0.15, -0.1) is 0 Å². The Balaban J connectivity index is 3.15. The van der Waals surface area contributed by atoms with Crippen LogP contribution in [-0.2, 0) is 9.53 Å². The highest BCUT2D eigenvalue weighted by Gasteiger charge is 2.24. The fourth-order valence-corrected chi connectivity index (χ4v) is 1.95. The molecule has 0 N–H and O–H groups in total. The van der Waals surface area contributed by atoms with E-state index in [-0.39, 0.29) is 11.4 Å². The second-order valence-corrected chi connectivity index (χ2v) is 4.53. The highest BCUT2D eigenvalue weighted by molar-refractivity contribution is 9.10. The molecule has 0 saturated heterocycles. The molecule has 1 aromatic carbocycles. The van der Waals surface area contributed by atoms with Gasteiger partial charge in [0, 0.05) is 10.5 Å². The van der Waals surface area contributed by atoms with Crippen molar-refractivity contribution in [2.24, 2.45) is 0 Å². The van der Waals surface area contributed by atoms with Gasteiger partial charge >= 0.3 is 11.7 Å². The lowest BCUT2D eigenvalue weighted by molar-refractivity contribution is -0.386. The van der Waals surface area contributed by atoms with Crippen molar-refractivity contribution in [1.29, 1.82) is 0 Å². The van der Waals surface area contributed by atoms with Crippen LogP contribution in [0.25, 0.3) is 0 Å². The molecule has 0 heterocycles. The number of benzene rings is 1. The first-order valence-electron chi connectivity index (χ1n) is 5.05. The molecule has 0 aliphatic rings. The molecule has 0 saturated carbocycles. The van der Waals surface area contributed by atoms with Crippen molar-refractivity contribution in [3.63, 3.8) is 0 Å². The van der Waals surface area contributed by atoms with Gasteiger partial charge in [0.25, 0.3) is 0 Å². The van der Waals surface area contributed by atoms with Crippen molar-refractivity contribution in [2.45, 2.75) is 20.0 Å². The number of nitrogens with zero attached hydrogens (tertiary/aromatic N) is 1. The fourth-order valence-electron chi connectivity index (χ4n) is 1.39. The second-order valence-electron chi connectivity index (χ2n) is 3.61. The Morgan fingerprint density at radius 1 is 1.50 bits per heavy atom. The molecule has 1 rings (SSSR count). The Morgan fingerprint density at radius 3 is 2.61 bits per heavy atom. The summed E-state index contributed by atoms with van der Waals surface area (Å²) in [6.45, 7) is 3.13. The zero-order chi connectivity index (χ0) is 13.9. The van der Waals surface area contributed by atoms with Crippen molar-refractivity contribution >= 4 is 27.6 Å². The summed E-state index contributed by atoms with van der Waals surface area (Å²) in [6, 6.07) is 3.00. The van der Waals surface area contributed by atoms with E-state index < -0.39 is 17.0 Å². The Labute approximate surface area is 112 Å². The molecule has 6 nitrogen and oxygen atoms in total. The second kappa shape index (κ2) is 5.81. The van der Waals surface area contributed by atoms with E-state index in [1.54, 1.807) is 13.0 Å². The molecule has 0 radical (unpaired) electrons. The Kier molecular flexibility index (Phi) is 4.66. The number of carbonyl (C=O) groups excluding carboxylic acids is 1. The minimum Gasteiger partial charge on any atom is -0.472 e. The molecule has 18 heavy (non-hydrogen) atoms. The number of aryl methyl sites for hydroxylation is 1. The van der Waals surface area contributed by atoms with Gasteiger partial charge < -0.3 is 9.47 Å². The molecular weight excluding hydrogens is 306 g/mol. The maximum absolute atomic E-state index is 11.2. The number of esters is 1. The smallest absolute Gasteiger partial charge is 0.346 e. The van der Waals surface area contributed by atoms with Gasteiger partial charge in [-0.2, -0.15) is 0 Å². The van der Waals surface area contributed by atoms with Gasteiger partial charge in [-0.05, 0) is 25.5 Å². The van der Waals surface area contributed by atoms with E-state index in [9.17, 15) is 14.9 Å². The van der Waals surface area contributed by atoms with E-state index in [0.717, 1.165) is 0 Å². The zero-order valence-electron chi connectivity index (χ0n) is 10.1. The van der Waals surface area contributed by atoms with Crippen molar-refractivity contribution in [1.82, 2.24) is 0 Å². The van der Waals surface area contributed by atoms with E-state index >= 15 is 0 Å². The monoisotopic (exact) mass is 317 g/mol. The fraction of sp³-hybridized carbons (Fsp3) is 0.364. The van der Waals surface area contributed by atoms with Crippen molar-refractivity contribution in [3.05, 3.63) is 32.3 Å². The molecule has 0 aromatic heterocycles. The Bertz CT molecular complexity index is 489. The zero-order valence-corrected chi connectivity index (χ0v) is 11.7. The summed E-state index contributed by atoms with van der Waals surface area (Å²) >= 11 is 3.17. The summed E-state index contributed by atoms with van der Waals surface area (Å²) in [5.41, 5.74) is 0.365. The van der Waals surface area contributed by atoms with E-state index in [0.29, 0.717) is 10.0 Å². The van der Waals surface area contributed by atoms with Gasteiger partial charge in [0.1, 0.15) is 0 Å². The third-order valence-electron chi connectivity index (χ3n) is 2.24. The molecule has 7 heteroatoms. The highest BCUT2D eigenvalue weighted by Crippen LogP contribution is 2.34. The number of carbonyl (C=O) groups is 1. The first-order chi connectivity index (χ1) is 8.36. The summed E-state index contributed by atoms with van der Waals surface area (Å²) in [4.78, 5) is 21.6. The van der Waals surface area contributed by atoms with Gasteiger partial charge in [0.05, 0.1) is 12.0 Å². The summed E-state index contributed by atoms with van der Waals surface area (Å²) in [7, 11) is 1.23. The molecule has 0 fully saturated rings. The number of rotatable bonds is 4. The Morgan fingerprint density at radius 2 is 2.11 bits per heavy atom. The van der Waals surface area contributed by atoms with Crippen LogP contribution in [-0.4, -0.2) is 24.1 Å². The summed E-state index contributed by atoms with van der Waals surface area (Å²) in [6.07, 6.45) is -0.909. The Hall–Kier alpha value is -1.63. The molecule has 0 spiro atoms. The molecule has 1 atom stereocenters. The first kappa shape index (κ1) is 14.4. The maximum atomic E-state index is 11.2. The van der Waals surface area contributed by atoms with Crippen LogP contribution in [0.3, 0.4) is 0 Å². The third-order valence-corrected chi connectivity index (χ3v) is 2.70. The molecule has 0 amide bonds. The van der Waals surface area contributed by atoms with Crippen molar-refractivity contribution in [2.75, 3.05) is 7.11 Å². The molecule has 0 bridgehead atoms. The van der Waals surface area contributed by atoms with Crippen LogP contribution in [0.1, 0.15) is 12.5 Å². The normalized spacial score (nSPS) is 11.8. The lowest BCUT2D eigenvalue weighted by atomic mass is 10.2. The maximum Gasteiger partial charge on any atom is 0.346 e. The number of ether oxygens (including phenoxy) is 2. The minimum absolute atomic E-state index is 0.0705. The average Bonchev–Trinajstić information content (AvgIpc) is 2.30. The number of halogens is 1. The van der Waals surface area contributed by atoms with Crippen LogP contribution in [0, 0.1) is 17.0 Å². The molecule has 1 unspecified atom stereocenters. The quantitative estimate of drug-likeness (QED) is 0.484. The largest absolute Gasteiger partial charge is 0.472 e. The number of nitro benzene ring substituents is 1. The van der Waals surface area contributed by atoms with Crippen LogP contribution in [0.2, 0.25) is 0 Å². The number of hydrogen-bond donors (Lipinski definition) is 0. The van der Waals surface area contributed by atoms with Gasteiger partial charge in [0.2, 0.25) is 5.75 Å². The van der Waals surface area contributed by atoms with Gasteiger partial charge in [0.15, 0.2) is 6.10 Å². The highest BCUT2D eigenvalue weighted by atomic mass is 79.9. The van der Waals surface area contributed by atoms with Crippen LogP contribution in [0.5, 0.6) is 5.75 Å². The summed E-state index contributed by atoms with van der Waals surface area (Å²) < 4.78 is 10.4.